The Morgan fingerprint density at radius 2 is 2.00 bits per heavy atom. The molecule has 2 aromatic rings. The van der Waals surface area contributed by atoms with E-state index < -0.39 is 5.97 Å². The number of hydrogen-bond donors (Lipinski definition) is 1. The van der Waals surface area contributed by atoms with Gasteiger partial charge >= 0.3 is 5.97 Å². The number of anilines is 1. The molecule has 0 aliphatic heterocycles. The third kappa shape index (κ3) is 3.51. The zero-order valence-corrected chi connectivity index (χ0v) is 11.9. The highest BCUT2D eigenvalue weighted by Gasteiger charge is 2.15. The van der Waals surface area contributed by atoms with Crippen molar-refractivity contribution in [2.45, 2.75) is 13.8 Å². The Labute approximate surface area is 122 Å². The summed E-state index contributed by atoms with van der Waals surface area (Å²) in [5, 5.41) is 0. The molecule has 0 aromatic heterocycles. The van der Waals surface area contributed by atoms with Crippen LogP contribution in [-0.2, 0) is 4.74 Å². The van der Waals surface area contributed by atoms with E-state index in [2.05, 4.69) is 0 Å². The molecule has 110 valence electrons. The molecular formula is C16H16FNO3. The number of halogens is 1. The van der Waals surface area contributed by atoms with Crippen molar-refractivity contribution in [3.8, 4) is 11.5 Å². The van der Waals surface area contributed by atoms with Gasteiger partial charge in [-0.3, -0.25) is 0 Å². The van der Waals surface area contributed by atoms with Crippen molar-refractivity contribution in [3.05, 3.63) is 53.3 Å². The Hall–Kier alpha value is -2.56. The van der Waals surface area contributed by atoms with Gasteiger partial charge in [0.15, 0.2) is 0 Å². The van der Waals surface area contributed by atoms with Gasteiger partial charge in [-0.05, 0) is 55.8 Å². The Bertz CT molecular complexity index is 671. The van der Waals surface area contributed by atoms with Crippen LogP contribution in [0.3, 0.4) is 0 Å². The molecule has 0 saturated carbocycles. The number of aryl methyl sites for hydroxylation is 1. The molecule has 0 bridgehead atoms. The number of carbonyl (C=O) groups excluding carboxylic acids is 1. The first-order chi connectivity index (χ1) is 10.0. The van der Waals surface area contributed by atoms with Crippen LogP contribution in [0.2, 0.25) is 0 Å². The van der Waals surface area contributed by atoms with Gasteiger partial charge in [0.2, 0.25) is 0 Å². The Morgan fingerprint density at radius 1 is 1.24 bits per heavy atom. The van der Waals surface area contributed by atoms with E-state index in [0.717, 1.165) is 0 Å². The van der Waals surface area contributed by atoms with E-state index >= 15 is 0 Å². The van der Waals surface area contributed by atoms with E-state index in [-0.39, 0.29) is 18.0 Å². The third-order valence-corrected chi connectivity index (χ3v) is 2.86. The highest BCUT2D eigenvalue weighted by Crippen LogP contribution is 2.28. The predicted octanol–water partition coefficient (Wildman–Crippen LogP) is 3.69. The first-order valence-corrected chi connectivity index (χ1v) is 6.52. The molecule has 0 spiro atoms. The van der Waals surface area contributed by atoms with Crippen molar-refractivity contribution in [2.24, 2.45) is 0 Å². The Balaban J connectivity index is 2.34. The maximum atomic E-state index is 13.3. The zero-order valence-electron chi connectivity index (χ0n) is 11.9. The monoisotopic (exact) mass is 289 g/mol. The summed E-state index contributed by atoms with van der Waals surface area (Å²) < 4.78 is 23.9. The lowest BCUT2D eigenvalue weighted by molar-refractivity contribution is 0.0523. The summed E-state index contributed by atoms with van der Waals surface area (Å²) in [5.74, 6) is -0.0817. The fourth-order valence-electron chi connectivity index (χ4n) is 1.81. The second-order valence-electron chi connectivity index (χ2n) is 4.49. The van der Waals surface area contributed by atoms with Crippen molar-refractivity contribution >= 4 is 11.7 Å². The molecule has 2 N–H and O–H groups in total. The molecule has 21 heavy (non-hydrogen) atoms. The summed E-state index contributed by atoms with van der Waals surface area (Å²) in [6.45, 7) is 3.61. The minimum atomic E-state index is -0.515. The van der Waals surface area contributed by atoms with Crippen LogP contribution in [0.15, 0.2) is 36.4 Å². The quantitative estimate of drug-likeness (QED) is 0.689. The highest BCUT2D eigenvalue weighted by atomic mass is 19.1. The van der Waals surface area contributed by atoms with Crippen LogP contribution in [-0.4, -0.2) is 12.6 Å². The van der Waals surface area contributed by atoms with Gasteiger partial charge in [-0.2, -0.15) is 0 Å². The van der Waals surface area contributed by atoms with Gasteiger partial charge < -0.3 is 15.2 Å². The number of carbonyl (C=O) groups is 1. The van der Waals surface area contributed by atoms with Crippen molar-refractivity contribution in [2.75, 3.05) is 12.3 Å². The number of nitrogens with two attached hydrogens (primary N) is 1. The number of nitrogen functional groups attached to an aromatic ring is 1. The first-order valence-electron chi connectivity index (χ1n) is 6.52. The lowest BCUT2D eigenvalue weighted by Gasteiger charge is -2.12. The summed E-state index contributed by atoms with van der Waals surface area (Å²) in [4.78, 5) is 11.9. The average Bonchev–Trinajstić information content (AvgIpc) is 2.45. The van der Waals surface area contributed by atoms with Crippen molar-refractivity contribution in [1.82, 2.24) is 0 Å². The second-order valence-corrected chi connectivity index (χ2v) is 4.49. The summed E-state index contributed by atoms with van der Waals surface area (Å²) in [5.41, 5.74) is 6.81. The van der Waals surface area contributed by atoms with Crippen LogP contribution in [0.1, 0.15) is 22.8 Å². The smallest absolute Gasteiger partial charge is 0.342 e. The van der Waals surface area contributed by atoms with E-state index in [4.69, 9.17) is 15.2 Å². The molecule has 0 aliphatic carbocycles. The number of ether oxygens (including phenoxy) is 2. The van der Waals surface area contributed by atoms with Crippen LogP contribution >= 0.6 is 0 Å². The average molecular weight is 289 g/mol. The van der Waals surface area contributed by atoms with Crippen LogP contribution in [0, 0.1) is 12.7 Å². The molecule has 0 radical (unpaired) electrons. The molecule has 2 aromatic carbocycles. The second kappa shape index (κ2) is 6.26. The number of benzene rings is 2. The fourth-order valence-corrected chi connectivity index (χ4v) is 1.81. The third-order valence-electron chi connectivity index (χ3n) is 2.86. The predicted molar refractivity (Wildman–Crippen MR) is 78.0 cm³/mol. The lowest BCUT2D eigenvalue weighted by Crippen LogP contribution is -2.07. The first kappa shape index (κ1) is 14.8. The molecule has 4 nitrogen and oxygen atoms in total. The van der Waals surface area contributed by atoms with Gasteiger partial charge in [0.1, 0.15) is 22.9 Å². The summed E-state index contributed by atoms with van der Waals surface area (Å²) in [6, 6.07) is 9.05. The van der Waals surface area contributed by atoms with Crippen molar-refractivity contribution < 1.29 is 18.7 Å². The van der Waals surface area contributed by atoms with E-state index in [1.807, 2.05) is 0 Å². The minimum absolute atomic E-state index is 0.235. The normalized spacial score (nSPS) is 10.2. The van der Waals surface area contributed by atoms with Gasteiger partial charge in [-0.25, -0.2) is 9.18 Å². The van der Waals surface area contributed by atoms with Gasteiger partial charge in [0, 0.05) is 5.69 Å². The van der Waals surface area contributed by atoms with E-state index in [0.29, 0.717) is 22.7 Å². The van der Waals surface area contributed by atoms with Crippen LogP contribution in [0.5, 0.6) is 11.5 Å². The molecule has 0 saturated heterocycles. The fraction of sp³-hybridized carbons (Fsp3) is 0.188. The molecule has 0 unspecified atom stereocenters. The van der Waals surface area contributed by atoms with Crippen LogP contribution < -0.4 is 10.5 Å². The topological polar surface area (TPSA) is 61.5 Å². The highest BCUT2D eigenvalue weighted by molar-refractivity contribution is 5.93. The summed E-state index contributed by atoms with van der Waals surface area (Å²) >= 11 is 0. The largest absolute Gasteiger partial charge is 0.462 e. The Morgan fingerprint density at radius 3 is 2.67 bits per heavy atom. The molecule has 0 amide bonds. The van der Waals surface area contributed by atoms with Crippen molar-refractivity contribution in [1.29, 1.82) is 0 Å². The number of esters is 1. The summed E-state index contributed by atoms with van der Waals surface area (Å²) in [7, 11) is 0. The Kier molecular flexibility index (Phi) is 4.42. The molecular weight excluding hydrogens is 273 g/mol. The molecule has 0 heterocycles. The maximum absolute atomic E-state index is 13.3. The van der Waals surface area contributed by atoms with E-state index in [1.54, 1.807) is 32.0 Å². The number of hydrogen-bond acceptors (Lipinski definition) is 4. The molecule has 0 fully saturated rings. The molecule has 0 aliphatic rings. The SMILES string of the molecule is CCOC(=O)c1cc(N)ccc1Oc1ccc(F)c(C)c1. The van der Waals surface area contributed by atoms with Gasteiger partial charge in [0.25, 0.3) is 0 Å². The summed E-state index contributed by atoms with van der Waals surface area (Å²) in [6.07, 6.45) is 0. The van der Waals surface area contributed by atoms with E-state index in [1.165, 1.54) is 18.2 Å². The van der Waals surface area contributed by atoms with Crippen LogP contribution in [0.4, 0.5) is 10.1 Å². The zero-order chi connectivity index (χ0) is 15.4. The number of rotatable bonds is 4. The standard InChI is InChI=1S/C16H16FNO3/c1-3-20-16(19)13-9-11(18)4-7-15(13)21-12-5-6-14(17)10(2)8-12/h4-9H,3,18H2,1-2H3. The molecule has 0 atom stereocenters. The van der Waals surface area contributed by atoms with E-state index in [9.17, 15) is 9.18 Å². The maximum Gasteiger partial charge on any atom is 0.342 e. The van der Waals surface area contributed by atoms with Gasteiger partial charge in [-0.1, -0.05) is 0 Å². The van der Waals surface area contributed by atoms with Gasteiger partial charge in [0.05, 0.1) is 6.61 Å². The molecule has 5 heteroatoms. The van der Waals surface area contributed by atoms with Crippen LogP contribution in [0.25, 0.3) is 0 Å². The molecule has 2 rings (SSSR count). The van der Waals surface area contributed by atoms with Gasteiger partial charge in [-0.15, -0.1) is 0 Å². The lowest BCUT2D eigenvalue weighted by atomic mass is 10.1. The minimum Gasteiger partial charge on any atom is -0.462 e. The van der Waals surface area contributed by atoms with Crippen molar-refractivity contribution in [3.63, 3.8) is 0 Å².